The summed E-state index contributed by atoms with van der Waals surface area (Å²) in [6, 6.07) is 14.3. The quantitative estimate of drug-likeness (QED) is 0.739. The third-order valence-electron chi connectivity index (χ3n) is 2.94. The highest BCUT2D eigenvalue weighted by Gasteiger charge is 2.05. The molecular weight excluding hydrogens is 208 g/mol. The van der Waals surface area contributed by atoms with Crippen molar-refractivity contribution in [2.75, 3.05) is 0 Å². The van der Waals surface area contributed by atoms with Crippen LogP contribution in [0.4, 0.5) is 0 Å². The second-order valence-electron chi connectivity index (χ2n) is 4.32. The van der Waals surface area contributed by atoms with E-state index in [4.69, 9.17) is 4.74 Å². The predicted molar refractivity (Wildman–Crippen MR) is 71.8 cm³/mol. The van der Waals surface area contributed by atoms with Crippen LogP contribution in [0.1, 0.15) is 23.6 Å². The van der Waals surface area contributed by atoms with Crippen LogP contribution in [0.3, 0.4) is 0 Å². The van der Waals surface area contributed by atoms with Gasteiger partial charge in [0.1, 0.15) is 11.5 Å². The van der Waals surface area contributed by atoms with Crippen LogP contribution in [-0.4, -0.2) is 0 Å². The van der Waals surface area contributed by atoms with Crippen molar-refractivity contribution >= 4 is 0 Å². The monoisotopic (exact) mass is 226 g/mol. The van der Waals surface area contributed by atoms with Crippen LogP contribution >= 0.6 is 0 Å². The van der Waals surface area contributed by atoms with Crippen molar-refractivity contribution in [2.24, 2.45) is 0 Å². The Balaban J connectivity index is 2.33. The first-order valence-corrected chi connectivity index (χ1v) is 6.03. The van der Waals surface area contributed by atoms with E-state index in [9.17, 15) is 0 Å². The number of rotatable bonds is 3. The van der Waals surface area contributed by atoms with E-state index < -0.39 is 0 Å². The molecule has 2 rings (SSSR count). The summed E-state index contributed by atoms with van der Waals surface area (Å²) >= 11 is 0. The zero-order valence-electron chi connectivity index (χ0n) is 10.7. The average molecular weight is 226 g/mol. The number of aryl methyl sites for hydroxylation is 2. The minimum Gasteiger partial charge on any atom is -0.457 e. The van der Waals surface area contributed by atoms with Crippen molar-refractivity contribution in [3.05, 3.63) is 59.2 Å². The molecule has 0 aromatic heterocycles. The molecule has 88 valence electrons. The van der Waals surface area contributed by atoms with Crippen LogP contribution in [0.15, 0.2) is 42.5 Å². The molecule has 0 aliphatic heterocycles. The zero-order valence-corrected chi connectivity index (χ0v) is 10.7. The third kappa shape index (κ3) is 2.68. The number of ether oxygens (including phenoxy) is 1. The summed E-state index contributed by atoms with van der Waals surface area (Å²) < 4.78 is 5.96. The molecule has 2 aromatic carbocycles. The van der Waals surface area contributed by atoms with Gasteiger partial charge in [-0.15, -0.1) is 0 Å². The van der Waals surface area contributed by atoms with Crippen LogP contribution < -0.4 is 4.74 Å². The Morgan fingerprint density at radius 3 is 2.47 bits per heavy atom. The van der Waals surface area contributed by atoms with Gasteiger partial charge in [0.25, 0.3) is 0 Å². The molecule has 1 heteroatoms. The normalized spacial score (nSPS) is 10.3. The van der Waals surface area contributed by atoms with Crippen molar-refractivity contribution in [3.8, 4) is 11.5 Å². The lowest BCUT2D eigenvalue weighted by Gasteiger charge is -2.12. The van der Waals surface area contributed by atoms with E-state index in [-0.39, 0.29) is 0 Å². The van der Waals surface area contributed by atoms with Gasteiger partial charge in [0.05, 0.1) is 0 Å². The highest BCUT2D eigenvalue weighted by atomic mass is 16.5. The van der Waals surface area contributed by atoms with Gasteiger partial charge in [-0.05, 0) is 55.2 Å². The Morgan fingerprint density at radius 1 is 1.00 bits per heavy atom. The molecule has 0 N–H and O–H groups in total. The average Bonchev–Trinajstić information content (AvgIpc) is 2.29. The Labute approximate surface area is 103 Å². The van der Waals surface area contributed by atoms with Gasteiger partial charge in [0, 0.05) is 0 Å². The smallest absolute Gasteiger partial charge is 0.130 e. The first-order chi connectivity index (χ1) is 8.20. The van der Waals surface area contributed by atoms with Gasteiger partial charge in [-0.2, -0.15) is 0 Å². The van der Waals surface area contributed by atoms with Crippen molar-refractivity contribution in [3.63, 3.8) is 0 Å². The first-order valence-electron chi connectivity index (χ1n) is 6.03. The molecule has 0 bridgehead atoms. The summed E-state index contributed by atoms with van der Waals surface area (Å²) in [5.41, 5.74) is 3.79. The van der Waals surface area contributed by atoms with E-state index in [1.54, 1.807) is 0 Å². The fraction of sp³-hybridized carbons (Fsp3) is 0.250. The van der Waals surface area contributed by atoms with Gasteiger partial charge >= 0.3 is 0 Å². The van der Waals surface area contributed by atoms with E-state index >= 15 is 0 Å². The van der Waals surface area contributed by atoms with Gasteiger partial charge in [0.2, 0.25) is 0 Å². The van der Waals surface area contributed by atoms with Crippen LogP contribution in [0, 0.1) is 13.8 Å². The Kier molecular flexibility index (Phi) is 3.48. The first kappa shape index (κ1) is 11.7. The SMILES string of the molecule is CCc1c(C)cccc1Oc1cccc(C)c1. The van der Waals surface area contributed by atoms with Gasteiger partial charge in [-0.1, -0.05) is 31.2 Å². The molecular formula is C16H18O. The van der Waals surface area contributed by atoms with Crippen molar-refractivity contribution < 1.29 is 4.74 Å². The molecule has 0 saturated heterocycles. The van der Waals surface area contributed by atoms with Gasteiger partial charge in [-0.25, -0.2) is 0 Å². The maximum absolute atomic E-state index is 5.96. The topological polar surface area (TPSA) is 9.23 Å². The lowest BCUT2D eigenvalue weighted by atomic mass is 10.1. The number of hydrogen-bond donors (Lipinski definition) is 0. The van der Waals surface area contributed by atoms with E-state index in [2.05, 4.69) is 39.0 Å². The van der Waals surface area contributed by atoms with Crippen molar-refractivity contribution in [1.29, 1.82) is 0 Å². The molecule has 0 fully saturated rings. The molecule has 0 amide bonds. The highest BCUT2D eigenvalue weighted by Crippen LogP contribution is 2.28. The standard InChI is InChI=1S/C16H18O/c1-4-15-13(3)8-6-10-16(15)17-14-9-5-7-12(2)11-14/h5-11H,4H2,1-3H3. The van der Waals surface area contributed by atoms with E-state index in [0.29, 0.717) is 0 Å². The van der Waals surface area contributed by atoms with Gasteiger partial charge in [-0.3, -0.25) is 0 Å². The van der Waals surface area contributed by atoms with Crippen LogP contribution in [0.5, 0.6) is 11.5 Å². The molecule has 1 nitrogen and oxygen atoms in total. The molecule has 17 heavy (non-hydrogen) atoms. The number of hydrogen-bond acceptors (Lipinski definition) is 1. The maximum atomic E-state index is 5.96. The molecule has 0 aliphatic carbocycles. The van der Waals surface area contributed by atoms with Gasteiger partial charge < -0.3 is 4.74 Å². The zero-order chi connectivity index (χ0) is 12.3. The molecule has 0 heterocycles. The third-order valence-corrected chi connectivity index (χ3v) is 2.94. The Morgan fingerprint density at radius 2 is 1.76 bits per heavy atom. The van der Waals surface area contributed by atoms with Gasteiger partial charge in [0.15, 0.2) is 0 Å². The Hall–Kier alpha value is -1.76. The molecule has 0 aliphatic rings. The lowest BCUT2D eigenvalue weighted by Crippen LogP contribution is -1.93. The minimum absolute atomic E-state index is 0.908. The molecule has 0 spiro atoms. The molecule has 2 aromatic rings. The van der Waals surface area contributed by atoms with Crippen LogP contribution in [-0.2, 0) is 6.42 Å². The molecule has 0 saturated carbocycles. The largest absolute Gasteiger partial charge is 0.457 e. The fourth-order valence-corrected chi connectivity index (χ4v) is 2.03. The second kappa shape index (κ2) is 5.05. The maximum Gasteiger partial charge on any atom is 0.130 e. The Bertz CT molecular complexity index is 515. The van der Waals surface area contributed by atoms with Crippen molar-refractivity contribution in [2.45, 2.75) is 27.2 Å². The van der Waals surface area contributed by atoms with Crippen LogP contribution in [0.25, 0.3) is 0 Å². The summed E-state index contributed by atoms with van der Waals surface area (Å²) in [7, 11) is 0. The second-order valence-corrected chi connectivity index (χ2v) is 4.32. The van der Waals surface area contributed by atoms with E-state index in [1.807, 2.05) is 24.3 Å². The minimum atomic E-state index is 0.908. The fourth-order valence-electron chi connectivity index (χ4n) is 2.03. The van der Waals surface area contributed by atoms with Crippen LogP contribution in [0.2, 0.25) is 0 Å². The summed E-state index contributed by atoms with van der Waals surface area (Å²) in [6.07, 6.45) is 0.994. The highest BCUT2D eigenvalue weighted by molar-refractivity contribution is 5.42. The number of benzene rings is 2. The predicted octanol–water partition coefficient (Wildman–Crippen LogP) is 4.66. The van der Waals surface area contributed by atoms with E-state index in [0.717, 1.165) is 17.9 Å². The summed E-state index contributed by atoms with van der Waals surface area (Å²) in [5, 5.41) is 0. The summed E-state index contributed by atoms with van der Waals surface area (Å²) in [4.78, 5) is 0. The molecule has 0 radical (unpaired) electrons. The summed E-state index contributed by atoms with van der Waals surface area (Å²) in [6.45, 7) is 6.36. The summed E-state index contributed by atoms with van der Waals surface area (Å²) in [5.74, 6) is 1.88. The van der Waals surface area contributed by atoms with Crippen molar-refractivity contribution in [1.82, 2.24) is 0 Å². The van der Waals surface area contributed by atoms with E-state index in [1.165, 1.54) is 16.7 Å². The molecule has 0 unspecified atom stereocenters. The molecule has 0 atom stereocenters. The lowest BCUT2D eigenvalue weighted by molar-refractivity contribution is 0.476.